The minimum Gasteiger partial charge on any atom is -0.347 e. The van der Waals surface area contributed by atoms with Gasteiger partial charge in [-0.2, -0.15) is 0 Å². The summed E-state index contributed by atoms with van der Waals surface area (Å²) in [6, 6.07) is -3.84. The van der Waals surface area contributed by atoms with Crippen LogP contribution >= 0.6 is 0 Å². The molecule has 2 saturated carbocycles. The van der Waals surface area contributed by atoms with Crippen LogP contribution in [0.4, 0.5) is 0 Å². The van der Waals surface area contributed by atoms with Crippen LogP contribution in [-0.2, 0) is 24.0 Å². The van der Waals surface area contributed by atoms with Crippen molar-refractivity contribution in [2.75, 3.05) is 6.54 Å². The molecule has 3 fully saturated rings. The molecule has 0 radical (unpaired) electrons. The Kier molecular flexibility index (Phi) is 12.0. The molecule has 2 unspecified atom stereocenters. The predicted molar refractivity (Wildman–Crippen MR) is 186 cm³/mol. The molecular weight excluding hydrogens is 614 g/mol. The second kappa shape index (κ2) is 15.5. The quantitative estimate of drug-likeness (QED) is 0.217. The highest BCUT2D eigenvalue weighted by Crippen LogP contribution is 2.43. The molecule has 13 heteroatoms. The SMILES string of the molecule is CCC(C)[C@H](NC(=O)c1cnccn1)C(=O)N[C@H](C(=O)N1C[C@@H]2CCC[C@@H]2[C@H]1C(=O)N[C@H](C(=O)C(=O)NC1CC1)C(C)CC)C(C)(C)C.[HH].[HH].[HH].[HH]. The van der Waals surface area contributed by atoms with Gasteiger partial charge in [0.05, 0.1) is 12.2 Å². The topological polar surface area (TPSA) is 180 Å². The van der Waals surface area contributed by atoms with Crippen LogP contribution in [0.1, 0.15) is 110 Å². The number of amides is 5. The van der Waals surface area contributed by atoms with Gasteiger partial charge in [-0.05, 0) is 54.8 Å². The van der Waals surface area contributed by atoms with Crippen LogP contribution in [0.15, 0.2) is 18.6 Å². The van der Waals surface area contributed by atoms with E-state index in [1.165, 1.54) is 18.6 Å². The van der Waals surface area contributed by atoms with Crippen LogP contribution in [0.5, 0.6) is 0 Å². The number of aromatic nitrogens is 2. The van der Waals surface area contributed by atoms with Crippen molar-refractivity contribution in [1.82, 2.24) is 36.1 Å². The van der Waals surface area contributed by atoms with Crippen LogP contribution in [0.3, 0.4) is 0 Å². The number of hydrogen-bond donors (Lipinski definition) is 4. The summed E-state index contributed by atoms with van der Waals surface area (Å²) in [6.07, 6.45) is 9.53. The molecule has 5 amide bonds. The van der Waals surface area contributed by atoms with Crippen molar-refractivity contribution in [3.8, 4) is 0 Å². The average molecular weight is 676 g/mol. The minimum atomic E-state index is -1.02. The van der Waals surface area contributed by atoms with E-state index in [1.807, 2.05) is 48.5 Å². The minimum absolute atomic E-state index is 0. The van der Waals surface area contributed by atoms with E-state index in [-0.39, 0.29) is 41.1 Å². The zero-order chi connectivity index (χ0) is 35.3. The number of fused-ring (bicyclic) bond motifs is 1. The molecule has 4 rings (SSSR count). The van der Waals surface area contributed by atoms with E-state index in [9.17, 15) is 28.8 Å². The molecule has 1 aliphatic heterocycles. The summed E-state index contributed by atoms with van der Waals surface area (Å²) in [5, 5.41) is 11.3. The van der Waals surface area contributed by atoms with Crippen LogP contribution in [0, 0.1) is 29.1 Å². The summed E-state index contributed by atoms with van der Waals surface area (Å²) in [5.74, 6) is -3.85. The Labute approximate surface area is 289 Å². The summed E-state index contributed by atoms with van der Waals surface area (Å²) in [4.78, 5) is 91.1. The fourth-order valence-corrected chi connectivity index (χ4v) is 6.81. The summed E-state index contributed by atoms with van der Waals surface area (Å²) in [7, 11) is 0. The second-order valence-corrected chi connectivity index (χ2v) is 15.0. The zero-order valence-corrected chi connectivity index (χ0v) is 29.4. The zero-order valence-electron chi connectivity index (χ0n) is 29.4. The molecule has 1 aromatic heterocycles. The van der Waals surface area contributed by atoms with Gasteiger partial charge in [0.2, 0.25) is 23.5 Å². The van der Waals surface area contributed by atoms with Crippen LogP contribution < -0.4 is 21.3 Å². The van der Waals surface area contributed by atoms with Crippen LogP contribution in [0.25, 0.3) is 0 Å². The maximum atomic E-state index is 14.5. The fraction of sp³-hybridized carbons (Fsp3) is 0.714. The average Bonchev–Trinajstić information content (AvgIpc) is 3.63. The van der Waals surface area contributed by atoms with Gasteiger partial charge < -0.3 is 26.2 Å². The van der Waals surface area contributed by atoms with Crippen molar-refractivity contribution in [2.45, 2.75) is 124 Å². The summed E-state index contributed by atoms with van der Waals surface area (Å²) < 4.78 is 0. The normalized spacial score (nSPS) is 23.6. The molecule has 272 valence electrons. The number of nitrogens with one attached hydrogen (secondary N) is 4. The first-order chi connectivity index (χ1) is 22.7. The first-order valence-corrected chi connectivity index (χ1v) is 17.5. The number of likely N-dealkylation sites (tertiary alicyclic amines) is 1. The van der Waals surface area contributed by atoms with Crippen molar-refractivity contribution in [2.24, 2.45) is 29.1 Å². The van der Waals surface area contributed by atoms with Gasteiger partial charge in [-0.3, -0.25) is 33.8 Å². The second-order valence-electron chi connectivity index (χ2n) is 15.0. The summed E-state index contributed by atoms with van der Waals surface area (Å²) >= 11 is 0. The highest BCUT2D eigenvalue weighted by Gasteiger charge is 2.52. The molecule has 0 spiro atoms. The van der Waals surface area contributed by atoms with Crippen LogP contribution in [-0.4, -0.2) is 86.9 Å². The molecule has 48 heavy (non-hydrogen) atoms. The molecule has 1 aromatic rings. The van der Waals surface area contributed by atoms with E-state index < -0.39 is 64.9 Å². The summed E-state index contributed by atoms with van der Waals surface area (Å²) in [6.45, 7) is 13.4. The van der Waals surface area contributed by atoms with Crippen molar-refractivity contribution < 1.29 is 34.5 Å². The van der Waals surface area contributed by atoms with Gasteiger partial charge in [0.25, 0.3) is 11.8 Å². The van der Waals surface area contributed by atoms with E-state index in [2.05, 4.69) is 31.2 Å². The van der Waals surface area contributed by atoms with E-state index in [4.69, 9.17) is 0 Å². The number of Topliss-reactive ketones (excluding diaryl/α,β-unsaturated/α-hetero) is 1. The largest absolute Gasteiger partial charge is 0.347 e. The van der Waals surface area contributed by atoms with E-state index in [0.717, 1.165) is 32.1 Å². The van der Waals surface area contributed by atoms with E-state index >= 15 is 0 Å². The molecule has 0 bridgehead atoms. The Balaban J connectivity index is 0.00000650. The molecule has 13 nitrogen and oxygen atoms in total. The van der Waals surface area contributed by atoms with Crippen molar-refractivity contribution >= 4 is 35.3 Å². The van der Waals surface area contributed by atoms with Gasteiger partial charge in [-0.15, -0.1) is 0 Å². The van der Waals surface area contributed by atoms with Gasteiger partial charge in [0.1, 0.15) is 23.8 Å². The van der Waals surface area contributed by atoms with Gasteiger partial charge in [-0.1, -0.05) is 67.7 Å². The number of hydrogen-bond acceptors (Lipinski definition) is 8. The fourth-order valence-electron chi connectivity index (χ4n) is 6.81. The molecular formula is C35H61N7O6. The lowest BCUT2D eigenvalue weighted by Crippen LogP contribution is -2.62. The first kappa shape index (κ1) is 36.9. The molecule has 2 aliphatic carbocycles. The molecule has 1 saturated heterocycles. The smallest absolute Gasteiger partial charge is 0.289 e. The highest BCUT2D eigenvalue weighted by molar-refractivity contribution is 6.38. The number of nitrogens with zero attached hydrogens (tertiary/aromatic N) is 3. The molecule has 0 aromatic carbocycles. The Hall–Kier alpha value is -3.90. The van der Waals surface area contributed by atoms with Crippen LogP contribution in [0.2, 0.25) is 0 Å². The van der Waals surface area contributed by atoms with Gasteiger partial charge in [0.15, 0.2) is 0 Å². The van der Waals surface area contributed by atoms with Gasteiger partial charge in [0, 0.05) is 30.7 Å². The monoisotopic (exact) mass is 675 g/mol. The van der Waals surface area contributed by atoms with Gasteiger partial charge >= 0.3 is 0 Å². The number of ketones is 1. The van der Waals surface area contributed by atoms with Crippen molar-refractivity contribution in [1.29, 1.82) is 0 Å². The Morgan fingerprint density at radius 2 is 1.58 bits per heavy atom. The Morgan fingerprint density at radius 3 is 2.17 bits per heavy atom. The highest BCUT2D eigenvalue weighted by atomic mass is 16.2. The number of carbonyl (C=O) groups is 6. The standard InChI is InChI=1S/C35H53N7O6.4H2/c1-8-19(3)25(28(43)33(47)38-22-13-14-22)39-32(46)27-23-12-10-11-21(23)18-42(27)34(48)29(35(5,6)7)41-31(45)26(20(4)9-2)40-30(44)24-17-36-15-16-37-24;;;;/h15-17,19-23,25-27,29H,8-14,18H2,1-7H3,(H,38,47)(H,39,46)(H,40,44)(H,41,45);4*1H/t19?,20?,21-,23-,25-,26-,27-,29+;;;;/m0..../s1. The predicted octanol–water partition coefficient (Wildman–Crippen LogP) is 3.14. The third kappa shape index (κ3) is 8.57. The number of rotatable bonds is 14. The first-order valence-electron chi connectivity index (χ1n) is 17.5. The van der Waals surface area contributed by atoms with E-state index in [1.54, 1.807) is 4.90 Å². The molecule has 2 heterocycles. The lowest BCUT2D eigenvalue weighted by Gasteiger charge is -2.37. The van der Waals surface area contributed by atoms with Crippen molar-refractivity contribution in [3.63, 3.8) is 0 Å². The number of carbonyl (C=O) groups excluding carboxylic acids is 6. The Morgan fingerprint density at radius 1 is 0.917 bits per heavy atom. The third-order valence-corrected chi connectivity index (χ3v) is 10.3. The molecule has 3 aliphatic rings. The van der Waals surface area contributed by atoms with E-state index in [0.29, 0.717) is 19.4 Å². The maximum absolute atomic E-state index is 14.5. The summed E-state index contributed by atoms with van der Waals surface area (Å²) in [5.41, 5.74) is -0.685. The molecule has 4 N–H and O–H groups in total. The Bertz CT molecular complexity index is 1380. The maximum Gasteiger partial charge on any atom is 0.289 e. The third-order valence-electron chi connectivity index (χ3n) is 10.3. The lowest BCUT2D eigenvalue weighted by molar-refractivity contribution is -0.146. The lowest BCUT2D eigenvalue weighted by atomic mass is 9.84. The van der Waals surface area contributed by atoms with Crippen molar-refractivity contribution in [3.05, 3.63) is 24.3 Å². The van der Waals surface area contributed by atoms with Gasteiger partial charge in [-0.25, -0.2) is 4.98 Å². The molecule has 8 atom stereocenters.